The molecule has 0 spiro atoms. The van der Waals surface area contributed by atoms with E-state index >= 15 is 0 Å². The molecular weight excluding hydrogens is 420 g/mol. The summed E-state index contributed by atoms with van der Waals surface area (Å²) in [6.45, 7) is 4.08. The Labute approximate surface area is 190 Å². The van der Waals surface area contributed by atoms with E-state index in [1.807, 2.05) is 89.8 Å². The summed E-state index contributed by atoms with van der Waals surface area (Å²) in [5.41, 5.74) is 4.48. The number of benzene rings is 2. The summed E-state index contributed by atoms with van der Waals surface area (Å²) >= 11 is 1.39. The van der Waals surface area contributed by atoms with Crippen molar-refractivity contribution < 1.29 is 9.59 Å². The van der Waals surface area contributed by atoms with Gasteiger partial charge in [0.15, 0.2) is 5.13 Å². The lowest BCUT2D eigenvalue weighted by atomic mass is 10.1. The number of thiazole rings is 1. The number of carbonyl (C=O) groups is 2. The highest BCUT2D eigenvalue weighted by atomic mass is 32.1. The van der Waals surface area contributed by atoms with Gasteiger partial charge in [-0.3, -0.25) is 14.9 Å². The van der Waals surface area contributed by atoms with Gasteiger partial charge in [-0.15, -0.1) is 11.3 Å². The van der Waals surface area contributed by atoms with Crippen LogP contribution in [0.1, 0.15) is 41.5 Å². The molecule has 0 aliphatic carbocycles. The smallest absolute Gasteiger partial charge is 0.274 e. The van der Waals surface area contributed by atoms with Crippen molar-refractivity contribution in [3.05, 3.63) is 95.1 Å². The van der Waals surface area contributed by atoms with Crippen LogP contribution in [0, 0.1) is 0 Å². The summed E-state index contributed by atoms with van der Waals surface area (Å²) in [7, 11) is 0. The van der Waals surface area contributed by atoms with Crippen LogP contribution in [0.4, 0.5) is 5.13 Å². The third-order valence-electron chi connectivity index (χ3n) is 5.11. The first-order valence-corrected chi connectivity index (χ1v) is 11.2. The number of aromatic nitrogens is 2. The maximum absolute atomic E-state index is 12.8. The fourth-order valence-corrected chi connectivity index (χ4v) is 4.21. The quantitative estimate of drug-likeness (QED) is 0.416. The third-order valence-corrected chi connectivity index (χ3v) is 5.87. The summed E-state index contributed by atoms with van der Waals surface area (Å²) in [5, 5.41) is 8.26. The topological polar surface area (TPSA) is 76.0 Å². The zero-order valence-electron chi connectivity index (χ0n) is 17.9. The van der Waals surface area contributed by atoms with Gasteiger partial charge in [-0.2, -0.15) is 0 Å². The number of hydrogen-bond acceptors (Lipinski definition) is 4. The van der Waals surface area contributed by atoms with Gasteiger partial charge < -0.3 is 9.88 Å². The molecule has 0 radical (unpaired) electrons. The molecule has 0 fully saturated rings. The van der Waals surface area contributed by atoms with E-state index in [0.29, 0.717) is 17.4 Å². The van der Waals surface area contributed by atoms with Gasteiger partial charge in [0.1, 0.15) is 5.69 Å². The zero-order chi connectivity index (χ0) is 22.5. The number of hydrogen-bond donors (Lipinski definition) is 2. The van der Waals surface area contributed by atoms with Gasteiger partial charge in [0.05, 0.1) is 11.7 Å². The van der Waals surface area contributed by atoms with Crippen LogP contribution in [-0.2, 0) is 11.3 Å². The Hall–Kier alpha value is -3.71. The van der Waals surface area contributed by atoms with Crippen LogP contribution < -0.4 is 10.6 Å². The van der Waals surface area contributed by atoms with Crippen LogP contribution in [0.3, 0.4) is 0 Å². The van der Waals surface area contributed by atoms with Gasteiger partial charge in [0.25, 0.3) is 5.91 Å². The number of carbonyl (C=O) groups excluding carboxylic acids is 2. The second kappa shape index (κ2) is 9.62. The lowest BCUT2D eigenvalue weighted by Crippen LogP contribution is -2.23. The molecule has 0 bridgehead atoms. The fourth-order valence-electron chi connectivity index (χ4n) is 3.49. The molecule has 0 saturated heterocycles. The first kappa shape index (κ1) is 21.5. The van der Waals surface area contributed by atoms with E-state index in [2.05, 4.69) is 15.6 Å². The van der Waals surface area contributed by atoms with Crippen molar-refractivity contribution in [2.45, 2.75) is 26.4 Å². The summed E-state index contributed by atoms with van der Waals surface area (Å²) in [5.74, 6) is -0.248. The Morgan fingerprint density at radius 1 is 1.03 bits per heavy atom. The fraction of sp³-hybridized carbons (Fsp3) is 0.160. The van der Waals surface area contributed by atoms with Crippen molar-refractivity contribution >= 4 is 28.3 Å². The molecule has 162 valence electrons. The van der Waals surface area contributed by atoms with Crippen LogP contribution in [0.25, 0.3) is 11.3 Å². The molecule has 1 unspecified atom stereocenters. The molecule has 6 nitrogen and oxygen atoms in total. The molecule has 0 aliphatic heterocycles. The molecule has 0 aliphatic rings. The van der Waals surface area contributed by atoms with Crippen molar-refractivity contribution in [1.29, 1.82) is 0 Å². The normalized spacial score (nSPS) is 11.7. The zero-order valence-corrected chi connectivity index (χ0v) is 18.7. The standard InChI is InChI=1S/C25H24N4O2S/c1-17(26-18(2)30)20-10-12-21(13-11-20)22-16-32-25(27-22)28-24(31)23-9-6-14-29(23)15-19-7-4-3-5-8-19/h3-14,16-17H,15H2,1-2H3,(H,26,30)(H,27,28,31). The Kier molecular flexibility index (Phi) is 6.47. The first-order valence-electron chi connectivity index (χ1n) is 10.3. The predicted octanol–water partition coefficient (Wildman–Crippen LogP) is 5.11. The number of rotatable bonds is 7. The van der Waals surface area contributed by atoms with Crippen LogP contribution in [0.15, 0.2) is 78.3 Å². The van der Waals surface area contributed by atoms with E-state index in [9.17, 15) is 9.59 Å². The third kappa shape index (κ3) is 5.12. The van der Waals surface area contributed by atoms with Crippen LogP contribution in [0.2, 0.25) is 0 Å². The van der Waals surface area contributed by atoms with Crippen molar-refractivity contribution in [3.8, 4) is 11.3 Å². The van der Waals surface area contributed by atoms with Crippen LogP contribution >= 0.6 is 11.3 Å². The number of nitrogens with zero attached hydrogens (tertiary/aromatic N) is 2. The van der Waals surface area contributed by atoms with Crippen molar-refractivity contribution in [1.82, 2.24) is 14.9 Å². The molecule has 4 aromatic rings. The van der Waals surface area contributed by atoms with E-state index in [-0.39, 0.29) is 17.9 Å². The summed E-state index contributed by atoms with van der Waals surface area (Å²) in [6, 6.07) is 21.5. The van der Waals surface area contributed by atoms with Gasteiger partial charge in [-0.1, -0.05) is 54.6 Å². The van der Waals surface area contributed by atoms with Gasteiger partial charge in [0, 0.05) is 30.6 Å². The Balaban J connectivity index is 1.43. The lowest BCUT2D eigenvalue weighted by Gasteiger charge is -2.13. The summed E-state index contributed by atoms with van der Waals surface area (Å²) < 4.78 is 1.92. The van der Waals surface area contributed by atoms with E-state index < -0.39 is 0 Å². The minimum atomic E-state index is -0.189. The number of amides is 2. The minimum absolute atomic E-state index is 0.0565. The van der Waals surface area contributed by atoms with E-state index in [1.54, 1.807) is 0 Å². The van der Waals surface area contributed by atoms with Gasteiger partial charge in [-0.05, 0) is 30.2 Å². The molecule has 2 aromatic carbocycles. The molecule has 7 heteroatoms. The molecular formula is C25H24N4O2S. The second-order valence-corrected chi connectivity index (χ2v) is 8.40. The van der Waals surface area contributed by atoms with E-state index in [4.69, 9.17) is 0 Å². The van der Waals surface area contributed by atoms with Gasteiger partial charge in [0.2, 0.25) is 5.91 Å². The molecule has 1 atom stereocenters. The molecule has 0 saturated carbocycles. The van der Waals surface area contributed by atoms with E-state index in [1.165, 1.54) is 18.3 Å². The van der Waals surface area contributed by atoms with Gasteiger partial charge in [-0.25, -0.2) is 4.98 Å². The van der Waals surface area contributed by atoms with Crippen molar-refractivity contribution in [2.24, 2.45) is 0 Å². The largest absolute Gasteiger partial charge is 0.350 e. The number of anilines is 1. The lowest BCUT2D eigenvalue weighted by molar-refractivity contribution is -0.119. The highest BCUT2D eigenvalue weighted by Gasteiger charge is 2.14. The van der Waals surface area contributed by atoms with E-state index in [0.717, 1.165) is 22.4 Å². The minimum Gasteiger partial charge on any atom is -0.350 e. The molecule has 2 amide bonds. The van der Waals surface area contributed by atoms with Crippen molar-refractivity contribution in [3.63, 3.8) is 0 Å². The second-order valence-electron chi connectivity index (χ2n) is 7.54. The first-order chi connectivity index (χ1) is 15.5. The number of nitrogens with one attached hydrogen (secondary N) is 2. The van der Waals surface area contributed by atoms with Crippen LogP contribution in [0.5, 0.6) is 0 Å². The van der Waals surface area contributed by atoms with Crippen LogP contribution in [-0.4, -0.2) is 21.4 Å². The average Bonchev–Trinajstić information content (AvgIpc) is 3.44. The summed E-state index contributed by atoms with van der Waals surface area (Å²) in [4.78, 5) is 28.7. The molecule has 2 aromatic heterocycles. The predicted molar refractivity (Wildman–Crippen MR) is 128 cm³/mol. The molecule has 32 heavy (non-hydrogen) atoms. The monoisotopic (exact) mass is 444 g/mol. The Morgan fingerprint density at radius 2 is 1.78 bits per heavy atom. The summed E-state index contributed by atoms with van der Waals surface area (Å²) in [6.07, 6.45) is 1.90. The average molecular weight is 445 g/mol. The Morgan fingerprint density at radius 3 is 2.50 bits per heavy atom. The SMILES string of the molecule is CC(=O)NC(C)c1ccc(-c2csc(NC(=O)c3cccn3Cc3ccccc3)n2)cc1. The maximum atomic E-state index is 12.8. The van der Waals surface area contributed by atoms with Crippen molar-refractivity contribution in [2.75, 3.05) is 5.32 Å². The van der Waals surface area contributed by atoms with Gasteiger partial charge >= 0.3 is 0 Å². The molecule has 4 rings (SSSR count). The molecule has 2 N–H and O–H groups in total. The maximum Gasteiger partial charge on any atom is 0.274 e. The molecule has 2 heterocycles. The highest BCUT2D eigenvalue weighted by Crippen LogP contribution is 2.26. The Bertz CT molecular complexity index is 1210. The highest BCUT2D eigenvalue weighted by molar-refractivity contribution is 7.14.